The normalized spacial score (nSPS) is 18.8. The standard InChI is InChI=1S/C22H33N3O3.ClH/c1-16(24-20(26)13-22(15-23)11-3-2-4-12-22)17-5-9-19(10-6-17)28-14-21(27)25-18-7-8-18;/h5-6,9-10,16,18H,2-4,7-8,11-15,23H2,1H3,(H,24,26)(H,25,27);1H. The Hall–Kier alpha value is -1.79. The van der Waals surface area contributed by atoms with Crippen LogP contribution in [0.5, 0.6) is 5.75 Å². The van der Waals surface area contributed by atoms with Crippen LogP contribution in [-0.2, 0) is 9.59 Å². The van der Waals surface area contributed by atoms with Crippen LogP contribution in [0, 0.1) is 5.41 Å². The fraction of sp³-hybridized carbons (Fsp3) is 0.636. The molecule has 0 aliphatic heterocycles. The molecule has 1 unspecified atom stereocenters. The minimum absolute atomic E-state index is 0. The van der Waals surface area contributed by atoms with Crippen LogP contribution < -0.4 is 21.1 Å². The number of benzene rings is 1. The highest BCUT2D eigenvalue weighted by atomic mass is 35.5. The summed E-state index contributed by atoms with van der Waals surface area (Å²) in [5, 5.41) is 6.00. The highest BCUT2D eigenvalue weighted by Crippen LogP contribution is 2.38. The van der Waals surface area contributed by atoms with Gasteiger partial charge in [-0.05, 0) is 62.3 Å². The van der Waals surface area contributed by atoms with Crippen LogP contribution in [0.4, 0.5) is 0 Å². The Labute approximate surface area is 179 Å². The maximum absolute atomic E-state index is 12.6. The van der Waals surface area contributed by atoms with E-state index in [0.717, 1.165) is 31.2 Å². The number of rotatable bonds is 9. The third-order valence-electron chi connectivity index (χ3n) is 5.95. The predicted octanol–water partition coefficient (Wildman–Crippen LogP) is 3.24. The SMILES string of the molecule is CC(NC(=O)CC1(CN)CCCCC1)c1ccc(OCC(=O)NC2CC2)cc1.Cl. The lowest BCUT2D eigenvalue weighted by molar-refractivity contribution is -0.125. The van der Waals surface area contributed by atoms with Gasteiger partial charge in [-0.25, -0.2) is 0 Å². The topological polar surface area (TPSA) is 93.5 Å². The number of ether oxygens (including phenoxy) is 1. The average Bonchev–Trinajstić information content (AvgIpc) is 3.51. The van der Waals surface area contributed by atoms with E-state index in [1.807, 2.05) is 31.2 Å². The first-order valence-corrected chi connectivity index (χ1v) is 10.5. The number of hydrogen-bond donors (Lipinski definition) is 3. The summed E-state index contributed by atoms with van der Waals surface area (Å²) in [6, 6.07) is 7.79. The van der Waals surface area contributed by atoms with E-state index in [9.17, 15) is 9.59 Å². The molecule has 0 saturated heterocycles. The zero-order chi connectivity index (χ0) is 20.0. The van der Waals surface area contributed by atoms with Crippen molar-refractivity contribution in [3.8, 4) is 5.75 Å². The maximum Gasteiger partial charge on any atom is 0.258 e. The van der Waals surface area contributed by atoms with Crippen molar-refractivity contribution in [2.75, 3.05) is 13.2 Å². The van der Waals surface area contributed by atoms with Crippen LogP contribution in [0.15, 0.2) is 24.3 Å². The molecule has 2 amide bonds. The van der Waals surface area contributed by atoms with Crippen molar-refractivity contribution in [1.82, 2.24) is 10.6 Å². The molecule has 162 valence electrons. The van der Waals surface area contributed by atoms with Crippen LogP contribution in [0.1, 0.15) is 69.9 Å². The molecule has 1 aromatic carbocycles. The van der Waals surface area contributed by atoms with E-state index in [1.165, 1.54) is 19.3 Å². The van der Waals surface area contributed by atoms with Crippen molar-refractivity contribution in [2.24, 2.45) is 11.1 Å². The molecule has 2 aliphatic rings. The molecule has 2 aliphatic carbocycles. The number of nitrogens with two attached hydrogens (primary N) is 1. The molecule has 3 rings (SSSR count). The molecule has 0 spiro atoms. The third kappa shape index (κ3) is 7.19. The zero-order valence-corrected chi connectivity index (χ0v) is 18.1. The number of nitrogens with one attached hydrogen (secondary N) is 2. The average molecular weight is 424 g/mol. The highest BCUT2D eigenvalue weighted by molar-refractivity contribution is 5.85. The predicted molar refractivity (Wildman–Crippen MR) is 116 cm³/mol. The number of hydrogen-bond acceptors (Lipinski definition) is 4. The second-order valence-corrected chi connectivity index (χ2v) is 8.43. The lowest BCUT2D eigenvalue weighted by Gasteiger charge is -2.36. The van der Waals surface area contributed by atoms with Gasteiger partial charge in [0, 0.05) is 12.5 Å². The Kier molecular flexibility index (Phi) is 8.78. The first kappa shape index (κ1) is 23.5. The van der Waals surface area contributed by atoms with E-state index in [0.29, 0.717) is 24.8 Å². The first-order chi connectivity index (χ1) is 13.5. The molecule has 2 fully saturated rings. The fourth-order valence-electron chi connectivity index (χ4n) is 3.97. The van der Waals surface area contributed by atoms with E-state index in [4.69, 9.17) is 10.5 Å². The Morgan fingerprint density at radius 3 is 2.38 bits per heavy atom. The molecule has 2 saturated carbocycles. The van der Waals surface area contributed by atoms with Gasteiger partial charge in [-0.2, -0.15) is 0 Å². The van der Waals surface area contributed by atoms with Gasteiger partial charge in [0.15, 0.2) is 6.61 Å². The van der Waals surface area contributed by atoms with Crippen molar-refractivity contribution < 1.29 is 14.3 Å². The molecule has 0 aromatic heterocycles. The summed E-state index contributed by atoms with van der Waals surface area (Å²) in [5.41, 5.74) is 6.98. The summed E-state index contributed by atoms with van der Waals surface area (Å²) >= 11 is 0. The minimum atomic E-state index is -0.0851. The fourth-order valence-corrected chi connectivity index (χ4v) is 3.97. The summed E-state index contributed by atoms with van der Waals surface area (Å²) in [6.07, 6.45) is 8.31. The van der Waals surface area contributed by atoms with Gasteiger partial charge in [-0.3, -0.25) is 9.59 Å². The Balaban J connectivity index is 0.00000300. The van der Waals surface area contributed by atoms with Crippen molar-refractivity contribution in [3.05, 3.63) is 29.8 Å². The molecule has 0 radical (unpaired) electrons. The van der Waals surface area contributed by atoms with Crippen LogP contribution in [0.2, 0.25) is 0 Å². The lowest BCUT2D eigenvalue weighted by Crippen LogP contribution is -2.39. The van der Waals surface area contributed by atoms with E-state index >= 15 is 0 Å². The van der Waals surface area contributed by atoms with E-state index < -0.39 is 0 Å². The Morgan fingerprint density at radius 1 is 1.14 bits per heavy atom. The molecule has 1 atom stereocenters. The van der Waals surface area contributed by atoms with Crippen molar-refractivity contribution in [3.63, 3.8) is 0 Å². The van der Waals surface area contributed by atoms with Gasteiger partial charge >= 0.3 is 0 Å². The van der Waals surface area contributed by atoms with Crippen molar-refractivity contribution in [1.29, 1.82) is 0 Å². The molecule has 0 heterocycles. The monoisotopic (exact) mass is 423 g/mol. The number of carbonyl (C=O) groups is 2. The van der Waals surface area contributed by atoms with Gasteiger partial charge in [0.25, 0.3) is 5.91 Å². The summed E-state index contributed by atoms with van der Waals surface area (Å²) in [4.78, 5) is 24.2. The van der Waals surface area contributed by atoms with E-state index in [-0.39, 0.29) is 42.3 Å². The lowest BCUT2D eigenvalue weighted by atomic mass is 9.71. The molecule has 1 aromatic rings. The van der Waals surface area contributed by atoms with Crippen molar-refractivity contribution >= 4 is 24.2 Å². The number of carbonyl (C=O) groups excluding carboxylic acids is 2. The Morgan fingerprint density at radius 2 is 1.79 bits per heavy atom. The van der Waals surface area contributed by atoms with Gasteiger partial charge < -0.3 is 21.1 Å². The second-order valence-electron chi connectivity index (χ2n) is 8.43. The molecule has 4 N–H and O–H groups in total. The number of amides is 2. The van der Waals surface area contributed by atoms with Crippen LogP contribution >= 0.6 is 12.4 Å². The highest BCUT2D eigenvalue weighted by Gasteiger charge is 2.33. The zero-order valence-electron chi connectivity index (χ0n) is 17.2. The van der Waals surface area contributed by atoms with Gasteiger partial charge in [0.1, 0.15) is 5.75 Å². The summed E-state index contributed by atoms with van der Waals surface area (Å²) in [6.45, 7) is 2.59. The van der Waals surface area contributed by atoms with Crippen molar-refractivity contribution in [2.45, 2.75) is 70.4 Å². The summed E-state index contributed by atoms with van der Waals surface area (Å²) < 4.78 is 5.53. The van der Waals surface area contributed by atoms with Gasteiger partial charge in [-0.15, -0.1) is 12.4 Å². The maximum atomic E-state index is 12.6. The third-order valence-corrected chi connectivity index (χ3v) is 5.95. The van der Waals surface area contributed by atoms with Crippen LogP contribution in [0.3, 0.4) is 0 Å². The van der Waals surface area contributed by atoms with Crippen LogP contribution in [-0.4, -0.2) is 31.0 Å². The molecular weight excluding hydrogens is 390 g/mol. The molecular formula is C22H34ClN3O3. The minimum Gasteiger partial charge on any atom is -0.484 e. The second kappa shape index (κ2) is 10.8. The molecule has 29 heavy (non-hydrogen) atoms. The van der Waals surface area contributed by atoms with Gasteiger partial charge in [0.05, 0.1) is 6.04 Å². The molecule has 6 nitrogen and oxygen atoms in total. The molecule has 7 heteroatoms. The quantitative estimate of drug-likeness (QED) is 0.568. The smallest absolute Gasteiger partial charge is 0.258 e. The summed E-state index contributed by atoms with van der Waals surface area (Å²) in [5.74, 6) is 0.637. The molecule has 0 bridgehead atoms. The van der Waals surface area contributed by atoms with E-state index in [2.05, 4.69) is 10.6 Å². The largest absolute Gasteiger partial charge is 0.484 e. The van der Waals surface area contributed by atoms with Crippen LogP contribution in [0.25, 0.3) is 0 Å². The van der Waals surface area contributed by atoms with E-state index in [1.54, 1.807) is 0 Å². The van der Waals surface area contributed by atoms with Gasteiger partial charge in [0.2, 0.25) is 5.91 Å². The first-order valence-electron chi connectivity index (χ1n) is 10.5. The summed E-state index contributed by atoms with van der Waals surface area (Å²) in [7, 11) is 0. The van der Waals surface area contributed by atoms with Gasteiger partial charge in [-0.1, -0.05) is 31.4 Å². The number of halogens is 1. The Bertz CT molecular complexity index is 670.